The van der Waals surface area contributed by atoms with Gasteiger partial charge < -0.3 is 19.7 Å². The van der Waals surface area contributed by atoms with E-state index in [1.54, 1.807) is 6.92 Å². The molecule has 0 aromatic heterocycles. The number of carbonyl (C=O) groups is 1. The molecule has 0 saturated heterocycles. The number of rotatable bonds is 9. The molecule has 0 unspecified atom stereocenters. The van der Waals surface area contributed by atoms with Gasteiger partial charge in [-0.15, -0.1) is 0 Å². The molecule has 0 spiro atoms. The van der Waals surface area contributed by atoms with E-state index in [1.807, 2.05) is 14.1 Å². The highest BCUT2D eigenvalue weighted by atomic mass is 16.6. The summed E-state index contributed by atoms with van der Waals surface area (Å²) in [4.78, 5) is 13.0. The zero-order chi connectivity index (χ0) is 11.5. The summed E-state index contributed by atoms with van der Waals surface area (Å²) in [5.41, 5.74) is 0. The number of esters is 1. The van der Waals surface area contributed by atoms with Gasteiger partial charge in [0.05, 0.1) is 13.2 Å². The van der Waals surface area contributed by atoms with Crippen molar-refractivity contribution >= 4 is 5.97 Å². The molecule has 15 heavy (non-hydrogen) atoms. The number of nitrogens with zero attached hydrogens (tertiary/aromatic N) is 1. The van der Waals surface area contributed by atoms with Crippen LogP contribution < -0.4 is 5.32 Å². The lowest BCUT2D eigenvalue weighted by Crippen LogP contribution is -2.29. The third kappa shape index (κ3) is 11.3. The SMILES string of the molecule is CCOC(=O)COCCNCCN(C)C. The second kappa shape index (κ2) is 9.89. The summed E-state index contributed by atoms with van der Waals surface area (Å²) < 4.78 is 9.81. The van der Waals surface area contributed by atoms with Gasteiger partial charge in [0.25, 0.3) is 0 Å². The molecule has 0 bridgehead atoms. The van der Waals surface area contributed by atoms with Gasteiger partial charge in [-0.25, -0.2) is 4.79 Å². The molecule has 0 radical (unpaired) electrons. The fraction of sp³-hybridized carbons (Fsp3) is 0.900. The predicted molar refractivity (Wildman–Crippen MR) is 58.9 cm³/mol. The topological polar surface area (TPSA) is 50.8 Å². The zero-order valence-electron chi connectivity index (χ0n) is 9.91. The van der Waals surface area contributed by atoms with E-state index in [4.69, 9.17) is 9.47 Å². The van der Waals surface area contributed by atoms with Crippen molar-refractivity contribution in [3.8, 4) is 0 Å². The quantitative estimate of drug-likeness (QED) is 0.426. The van der Waals surface area contributed by atoms with E-state index >= 15 is 0 Å². The maximum atomic E-state index is 10.8. The van der Waals surface area contributed by atoms with Crippen LogP contribution in [0.3, 0.4) is 0 Å². The molecule has 1 N–H and O–H groups in total. The lowest BCUT2D eigenvalue weighted by molar-refractivity contribution is -0.148. The monoisotopic (exact) mass is 218 g/mol. The first-order valence-corrected chi connectivity index (χ1v) is 5.25. The Hall–Kier alpha value is -0.650. The average Bonchev–Trinajstić information content (AvgIpc) is 2.16. The Bertz CT molecular complexity index is 163. The smallest absolute Gasteiger partial charge is 0.332 e. The van der Waals surface area contributed by atoms with Crippen LogP contribution in [0.15, 0.2) is 0 Å². The van der Waals surface area contributed by atoms with Crippen molar-refractivity contribution in [1.82, 2.24) is 10.2 Å². The standard InChI is InChI=1S/C10H22N2O3/c1-4-15-10(13)9-14-8-6-11-5-7-12(2)3/h11H,4-9H2,1-3H3. The van der Waals surface area contributed by atoms with Crippen LogP contribution in [0.1, 0.15) is 6.92 Å². The van der Waals surface area contributed by atoms with E-state index in [9.17, 15) is 4.79 Å². The Morgan fingerprint density at radius 3 is 2.67 bits per heavy atom. The fourth-order valence-electron chi connectivity index (χ4n) is 0.930. The largest absolute Gasteiger partial charge is 0.464 e. The van der Waals surface area contributed by atoms with Crippen LogP contribution in [0.4, 0.5) is 0 Å². The Morgan fingerprint density at radius 1 is 1.33 bits per heavy atom. The van der Waals surface area contributed by atoms with Crippen molar-refractivity contribution in [1.29, 1.82) is 0 Å². The van der Waals surface area contributed by atoms with Crippen LogP contribution in [0.25, 0.3) is 0 Å². The molecule has 0 fully saturated rings. The summed E-state index contributed by atoms with van der Waals surface area (Å²) in [6, 6.07) is 0. The van der Waals surface area contributed by atoms with Crippen molar-refractivity contribution in [3.05, 3.63) is 0 Å². The zero-order valence-corrected chi connectivity index (χ0v) is 9.91. The first-order valence-electron chi connectivity index (χ1n) is 5.25. The first-order chi connectivity index (χ1) is 7.16. The molecule has 0 aromatic carbocycles. The van der Waals surface area contributed by atoms with Crippen LogP contribution in [0.2, 0.25) is 0 Å². The molecular weight excluding hydrogens is 196 g/mol. The maximum Gasteiger partial charge on any atom is 0.332 e. The van der Waals surface area contributed by atoms with Crippen molar-refractivity contribution in [2.75, 3.05) is 53.6 Å². The molecule has 0 saturated carbocycles. The maximum absolute atomic E-state index is 10.8. The van der Waals surface area contributed by atoms with E-state index in [2.05, 4.69) is 10.2 Å². The Morgan fingerprint density at radius 2 is 2.07 bits per heavy atom. The minimum absolute atomic E-state index is 0.0448. The van der Waals surface area contributed by atoms with E-state index in [-0.39, 0.29) is 12.6 Å². The number of carbonyl (C=O) groups excluding carboxylic acids is 1. The molecule has 0 aliphatic heterocycles. The Kier molecular flexibility index (Phi) is 9.46. The molecule has 5 nitrogen and oxygen atoms in total. The lowest BCUT2D eigenvalue weighted by atomic mass is 10.5. The molecule has 0 aliphatic carbocycles. The van der Waals surface area contributed by atoms with Gasteiger partial charge in [-0.05, 0) is 21.0 Å². The van der Waals surface area contributed by atoms with Crippen LogP contribution in [-0.2, 0) is 14.3 Å². The molecular formula is C10H22N2O3. The van der Waals surface area contributed by atoms with Crippen LogP contribution in [0.5, 0.6) is 0 Å². The summed E-state index contributed by atoms with van der Waals surface area (Å²) in [5.74, 6) is -0.300. The summed E-state index contributed by atoms with van der Waals surface area (Å²) in [6.45, 7) is 5.44. The number of ether oxygens (including phenoxy) is 2. The second-order valence-electron chi connectivity index (χ2n) is 3.41. The lowest BCUT2D eigenvalue weighted by Gasteiger charge is -2.10. The second-order valence-corrected chi connectivity index (χ2v) is 3.41. The molecule has 0 aliphatic rings. The normalized spacial score (nSPS) is 10.7. The fourth-order valence-corrected chi connectivity index (χ4v) is 0.930. The van der Waals surface area contributed by atoms with Gasteiger partial charge in [-0.1, -0.05) is 0 Å². The predicted octanol–water partition coefficient (Wildman–Crippen LogP) is -0.283. The number of likely N-dealkylation sites (N-methyl/N-ethyl adjacent to an activating group) is 1. The van der Waals surface area contributed by atoms with Gasteiger partial charge in [0.15, 0.2) is 0 Å². The Labute approximate surface area is 91.7 Å². The van der Waals surface area contributed by atoms with Crippen molar-refractivity contribution in [3.63, 3.8) is 0 Å². The van der Waals surface area contributed by atoms with Gasteiger partial charge in [0.2, 0.25) is 0 Å². The molecule has 90 valence electrons. The summed E-state index contributed by atoms with van der Waals surface area (Å²) >= 11 is 0. The van der Waals surface area contributed by atoms with Crippen molar-refractivity contribution < 1.29 is 14.3 Å². The van der Waals surface area contributed by atoms with Gasteiger partial charge in [0, 0.05) is 19.6 Å². The van der Waals surface area contributed by atoms with E-state index in [1.165, 1.54) is 0 Å². The van der Waals surface area contributed by atoms with Gasteiger partial charge in [-0.3, -0.25) is 0 Å². The Balaban J connectivity index is 3.08. The van der Waals surface area contributed by atoms with Crippen LogP contribution in [0, 0.1) is 0 Å². The average molecular weight is 218 g/mol. The number of hydrogen-bond donors (Lipinski definition) is 1. The van der Waals surface area contributed by atoms with E-state index in [0.717, 1.165) is 19.6 Å². The van der Waals surface area contributed by atoms with Gasteiger partial charge in [-0.2, -0.15) is 0 Å². The highest BCUT2D eigenvalue weighted by Gasteiger charge is 1.99. The highest BCUT2D eigenvalue weighted by molar-refractivity contribution is 5.70. The molecule has 0 heterocycles. The highest BCUT2D eigenvalue weighted by Crippen LogP contribution is 1.80. The molecule has 0 aromatic rings. The number of nitrogens with one attached hydrogen (secondary N) is 1. The van der Waals surface area contributed by atoms with Crippen molar-refractivity contribution in [2.24, 2.45) is 0 Å². The molecule has 0 rings (SSSR count). The summed E-state index contributed by atoms with van der Waals surface area (Å²) in [7, 11) is 4.05. The van der Waals surface area contributed by atoms with Crippen LogP contribution >= 0.6 is 0 Å². The van der Waals surface area contributed by atoms with Crippen molar-refractivity contribution in [2.45, 2.75) is 6.92 Å². The van der Waals surface area contributed by atoms with Gasteiger partial charge >= 0.3 is 5.97 Å². The minimum atomic E-state index is -0.300. The summed E-state index contributed by atoms with van der Waals surface area (Å²) in [5, 5.41) is 3.20. The first kappa shape index (κ1) is 14.3. The number of hydrogen-bond acceptors (Lipinski definition) is 5. The van der Waals surface area contributed by atoms with Crippen LogP contribution in [-0.4, -0.2) is 64.4 Å². The molecule has 0 atom stereocenters. The third-order valence-electron chi connectivity index (χ3n) is 1.68. The van der Waals surface area contributed by atoms with E-state index in [0.29, 0.717) is 13.2 Å². The minimum Gasteiger partial charge on any atom is -0.464 e. The van der Waals surface area contributed by atoms with E-state index < -0.39 is 0 Å². The summed E-state index contributed by atoms with van der Waals surface area (Å²) in [6.07, 6.45) is 0. The third-order valence-corrected chi connectivity index (χ3v) is 1.68. The molecule has 5 heteroatoms. The van der Waals surface area contributed by atoms with Gasteiger partial charge in [0.1, 0.15) is 6.61 Å². The molecule has 0 amide bonds.